The Morgan fingerprint density at radius 1 is 1.44 bits per heavy atom. The van der Waals surface area contributed by atoms with Crippen molar-refractivity contribution in [2.45, 2.75) is 12.5 Å². The summed E-state index contributed by atoms with van der Waals surface area (Å²) in [5, 5.41) is 10.7. The standard InChI is InChI=1S/C11H17N3O2/c1-14(2)13-11(16)10(12)7-8-3-5-9(15)6-4-8/h3-6,10,15H,7,12H2,1-2H3,(H,13,16). The van der Waals surface area contributed by atoms with E-state index in [4.69, 9.17) is 10.8 Å². The van der Waals surface area contributed by atoms with Crippen molar-refractivity contribution < 1.29 is 9.90 Å². The van der Waals surface area contributed by atoms with Crippen LogP contribution in [0.5, 0.6) is 5.75 Å². The van der Waals surface area contributed by atoms with Crippen LogP contribution in [0.25, 0.3) is 0 Å². The molecule has 0 aliphatic rings. The summed E-state index contributed by atoms with van der Waals surface area (Å²) in [7, 11) is 3.45. The molecule has 0 spiro atoms. The van der Waals surface area contributed by atoms with E-state index in [2.05, 4.69) is 5.43 Å². The van der Waals surface area contributed by atoms with E-state index in [0.717, 1.165) is 5.56 Å². The Balaban J connectivity index is 2.53. The normalized spacial score (nSPS) is 12.5. The fourth-order valence-corrected chi connectivity index (χ4v) is 1.28. The van der Waals surface area contributed by atoms with Gasteiger partial charge in [0.25, 0.3) is 5.91 Å². The summed E-state index contributed by atoms with van der Waals surface area (Å²) in [5.41, 5.74) is 9.24. The van der Waals surface area contributed by atoms with Crippen LogP contribution in [0.15, 0.2) is 24.3 Å². The molecular weight excluding hydrogens is 206 g/mol. The molecule has 0 radical (unpaired) electrons. The van der Waals surface area contributed by atoms with E-state index in [-0.39, 0.29) is 11.7 Å². The van der Waals surface area contributed by atoms with Crippen LogP contribution in [-0.2, 0) is 11.2 Å². The minimum absolute atomic E-state index is 0.204. The molecule has 88 valence electrons. The second-order valence-electron chi connectivity index (χ2n) is 3.85. The van der Waals surface area contributed by atoms with Crippen LogP contribution in [0.4, 0.5) is 0 Å². The highest BCUT2D eigenvalue weighted by atomic mass is 16.3. The first kappa shape index (κ1) is 12.5. The number of hydrazine groups is 1. The fourth-order valence-electron chi connectivity index (χ4n) is 1.28. The minimum Gasteiger partial charge on any atom is -0.508 e. The van der Waals surface area contributed by atoms with E-state index in [0.29, 0.717) is 6.42 Å². The molecule has 4 N–H and O–H groups in total. The van der Waals surface area contributed by atoms with Gasteiger partial charge in [0, 0.05) is 14.1 Å². The average Bonchev–Trinajstić information content (AvgIpc) is 2.20. The Morgan fingerprint density at radius 3 is 2.50 bits per heavy atom. The zero-order valence-electron chi connectivity index (χ0n) is 9.47. The summed E-state index contributed by atoms with van der Waals surface area (Å²) in [6, 6.07) is 6.06. The molecule has 1 atom stereocenters. The maximum atomic E-state index is 11.5. The van der Waals surface area contributed by atoms with Crippen LogP contribution in [0.3, 0.4) is 0 Å². The van der Waals surface area contributed by atoms with E-state index >= 15 is 0 Å². The number of nitrogens with two attached hydrogens (primary N) is 1. The van der Waals surface area contributed by atoms with Crippen LogP contribution in [0.2, 0.25) is 0 Å². The summed E-state index contributed by atoms with van der Waals surface area (Å²) in [5.74, 6) is -0.0202. The zero-order valence-corrected chi connectivity index (χ0v) is 9.47. The lowest BCUT2D eigenvalue weighted by Crippen LogP contribution is -2.47. The van der Waals surface area contributed by atoms with Crippen LogP contribution in [-0.4, -0.2) is 36.2 Å². The van der Waals surface area contributed by atoms with Crippen LogP contribution < -0.4 is 11.2 Å². The average molecular weight is 223 g/mol. The molecule has 1 aromatic carbocycles. The van der Waals surface area contributed by atoms with E-state index in [1.165, 1.54) is 0 Å². The van der Waals surface area contributed by atoms with Crippen molar-refractivity contribution in [1.82, 2.24) is 10.4 Å². The first-order valence-corrected chi connectivity index (χ1v) is 5.00. The number of phenols is 1. The molecule has 1 amide bonds. The molecule has 5 heteroatoms. The van der Waals surface area contributed by atoms with Gasteiger partial charge in [-0.25, -0.2) is 5.01 Å². The van der Waals surface area contributed by atoms with Crippen molar-refractivity contribution >= 4 is 5.91 Å². The number of hydrogen-bond acceptors (Lipinski definition) is 4. The number of carbonyl (C=O) groups excluding carboxylic acids is 1. The van der Waals surface area contributed by atoms with Crippen LogP contribution in [0.1, 0.15) is 5.56 Å². The predicted molar refractivity (Wildman–Crippen MR) is 61.6 cm³/mol. The van der Waals surface area contributed by atoms with Gasteiger partial charge in [0.2, 0.25) is 0 Å². The van der Waals surface area contributed by atoms with E-state index in [1.807, 2.05) is 0 Å². The van der Waals surface area contributed by atoms with Crippen molar-refractivity contribution in [2.24, 2.45) is 5.73 Å². The molecule has 0 aliphatic heterocycles. The highest BCUT2D eigenvalue weighted by molar-refractivity contribution is 5.81. The number of amides is 1. The highest BCUT2D eigenvalue weighted by Gasteiger charge is 2.14. The van der Waals surface area contributed by atoms with Gasteiger partial charge in [-0.3, -0.25) is 10.2 Å². The number of nitrogens with one attached hydrogen (secondary N) is 1. The topological polar surface area (TPSA) is 78.6 Å². The summed E-state index contributed by atoms with van der Waals surface area (Å²) in [6.07, 6.45) is 0.444. The largest absolute Gasteiger partial charge is 0.508 e. The molecule has 0 aromatic heterocycles. The molecule has 1 rings (SSSR count). The van der Waals surface area contributed by atoms with Crippen molar-refractivity contribution in [3.05, 3.63) is 29.8 Å². The molecule has 0 bridgehead atoms. The Morgan fingerprint density at radius 2 is 2.00 bits per heavy atom. The summed E-state index contributed by atoms with van der Waals surface area (Å²) < 4.78 is 0. The van der Waals surface area contributed by atoms with Gasteiger partial charge in [0.1, 0.15) is 5.75 Å². The maximum Gasteiger partial charge on any atom is 0.251 e. The summed E-state index contributed by atoms with van der Waals surface area (Å²) in [6.45, 7) is 0. The van der Waals surface area contributed by atoms with Gasteiger partial charge >= 0.3 is 0 Å². The Labute approximate surface area is 94.8 Å². The van der Waals surface area contributed by atoms with E-state index in [9.17, 15) is 4.79 Å². The molecular formula is C11H17N3O2. The van der Waals surface area contributed by atoms with Crippen LogP contribution >= 0.6 is 0 Å². The van der Waals surface area contributed by atoms with Crippen molar-refractivity contribution in [1.29, 1.82) is 0 Å². The fraction of sp³-hybridized carbons (Fsp3) is 0.364. The van der Waals surface area contributed by atoms with Gasteiger partial charge in [-0.1, -0.05) is 12.1 Å². The number of phenolic OH excluding ortho intramolecular Hbond substituents is 1. The number of aromatic hydroxyl groups is 1. The lowest BCUT2D eigenvalue weighted by atomic mass is 10.1. The number of benzene rings is 1. The quantitative estimate of drug-likeness (QED) is 0.620. The SMILES string of the molecule is CN(C)NC(=O)C(N)Cc1ccc(O)cc1. The van der Waals surface area contributed by atoms with Gasteiger partial charge in [-0.15, -0.1) is 0 Å². The monoisotopic (exact) mass is 223 g/mol. The Kier molecular flexibility index (Phi) is 4.28. The molecule has 1 aromatic rings. The van der Waals surface area contributed by atoms with Crippen molar-refractivity contribution in [3.63, 3.8) is 0 Å². The maximum absolute atomic E-state index is 11.5. The van der Waals surface area contributed by atoms with Gasteiger partial charge in [0.15, 0.2) is 0 Å². The first-order chi connectivity index (χ1) is 7.49. The lowest BCUT2D eigenvalue weighted by Gasteiger charge is -2.16. The summed E-state index contributed by atoms with van der Waals surface area (Å²) >= 11 is 0. The first-order valence-electron chi connectivity index (χ1n) is 5.00. The molecule has 0 aliphatic carbocycles. The molecule has 0 heterocycles. The van der Waals surface area contributed by atoms with Gasteiger partial charge in [-0.05, 0) is 24.1 Å². The lowest BCUT2D eigenvalue weighted by molar-refractivity contribution is -0.126. The third-order valence-corrected chi connectivity index (χ3v) is 2.06. The Hall–Kier alpha value is -1.59. The minimum atomic E-state index is -0.591. The van der Waals surface area contributed by atoms with Crippen molar-refractivity contribution in [3.8, 4) is 5.75 Å². The van der Waals surface area contributed by atoms with Gasteiger partial charge < -0.3 is 10.8 Å². The Bertz CT molecular complexity index is 349. The van der Waals surface area contributed by atoms with E-state index < -0.39 is 6.04 Å². The predicted octanol–water partition coefficient (Wildman–Crippen LogP) is -0.145. The third-order valence-electron chi connectivity index (χ3n) is 2.06. The number of hydrogen-bond donors (Lipinski definition) is 3. The highest BCUT2D eigenvalue weighted by Crippen LogP contribution is 2.10. The zero-order chi connectivity index (χ0) is 12.1. The number of rotatable bonds is 4. The summed E-state index contributed by atoms with van der Waals surface area (Å²) in [4.78, 5) is 11.5. The second-order valence-corrected chi connectivity index (χ2v) is 3.85. The second kappa shape index (κ2) is 5.48. The smallest absolute Gasteiger partial charge is 0.251 e. The molecule has 1 unspecified atom stereocenters. The molecule has 0 fully saturated rings. The van der Waals surface area contributed by atoms with Gasteiger partial charge in [0.05, 0.1) is 6.04 Å². The molecule has 0 saturated carbocycles. The van der Waals surface area contributed by atoms with Crippen molar-refractivity contribution in [2.75, 3.05) is 14.1 Å². The molecule has 5 nitrogen and oxygen atoms in total. The molecule has 16 heavy (non-hydrogen) atoms. The van der Waals surface area contributed by atoms with Crippen LogP contribution in [0, 0.1) is 0 Å². The molecule has 0 saturated heterocycles. The third kappa shape index (κ3) is 3.88. The van der Waals surface area contributed by atoms with Gasteiger partial charge in [-0.2, -0.15) is 0 Å². The number of carbonyl (C=O) groups is 1. The van der Waals surface area contributed by atoms with E-state index in [1.54, 1.807) is 43.4 Å². The number of nitrogens with zero attached hydrogens (tertiary/aromatic N) is 1.